The molecule has 0 aromatic heterocycles. The van der Waals surface area contributed by atoms with Crippen molar-refractivity contribution in [1.82, 2.24) is 0 Å². The Morgan fingerprint density at radius 1 is 0.962 bits per heavy atom. The highest BCUT2D eigenvalue weighted by Gasteiger charge is 2.24. The van der Waals surface area contributed by atoms with E-state index in [4.69, 9.17) is 4.74 Å². The fraction of sp³-hybridized carbons (Fsp3) is 0.100. The van der Waals surface area contributed by atoms with Crippen molar-refractivity contribution in [1.29, 1.82) is 10.5 Å². The van der Waals surface area contributed by atoms with E-state index >= 15 is 0 Å². The summed E-state index contributed by atoms with van der Waals surface area (Å²) in [6, 6.07) is 16.1. The van der Waals surface area contributed by atoms with Crippen LogP contribution < -0.4 is 0 Å². The first-order valence-corrected chi connectivity index (χ1v) is 7.48. The van der Waals surface area contributed by atoms with Crippen LogP contribution in [-0.4, -0.2) is 26.2 Å². The second-order valence-electron chi connectivity index (χ2n) is 5.07. The van der Waals surface area contributed by atoms with E-state index in [0.717, 1.165) is 25.7 Å². The Morgan fingerprint density at radius 3 is 2.23 bits per heavy atom. The topological polar surface area (TPSA) is 100 Å². The van der Waals surface area contributed by atoms with E-state index in [0.29, 0.717) is 10.9 Å². The van der Waals surface area contributed by atoms with Crippen LogP contribution in [0.1, 0.15) is 5.56 Å². The van der Waals surface area contributed by atoms with E-state index < -0.39 is 11.9 Å². The number of esters is 2. The average molecular weight is 346 g/mol. The van der Waals surface area contributed by atoms with Gasteiger partial charge in [0.15, 0.2) is 0 Å². The molecule has 0 saturated carbocycles. The molecule has 0 radical (unpaired) electrons. The van der Waals surface area contributed by atoms with Crippen LogP contribution in [0, 0.1) is 22.7 Å². The van der Waals surface area contributed by atoms with Gasteiger partial charge in [-0.15, -0.1) is 0 Å². The maximum Gasteiger partial charge on any atom is 0.338 e. The minimum absolute atomic E-state index is 0.0176. The van der Waals surface area contributed by atoms with Crippen LogP contribution in [0.5, 0.6) is 0 Å². The SMILES string of the molecule is COC(=O)/C=C(/C(=O)OC)C(=C(C#N)C#N)c1cccc2ccccc12. The van der Waals surface area contributed by atoms with Gasteiger partial charge in [-0.25, -0.2) is 9.59 Å². The van der Waals surface area contributed by atoms with Crippen molar-refractivity contribution in [3.05, 3.63) is 65.3 Å². The maximum atomic E-state index is 12.3. The zero-order chi connectivity index (χ0) is 19.1. The third-order valence-electron chi connectivity index (χ3n) is 3.67. The smallest absolute Gasteiger partial charge is 0.338 e. The van der Waals surface area contributed by atoms with Gasteiger partial charge in [-0.2, -0.15) is 10.5 Å². The van der Waals surface area contributed by atoms with Gasteiger partial charge in [-0.3, -0.25) is 0 Å². The number of allylic oxidation sites excluding steroid dienone is 1. The van der Waals surface area contributed by atoms with E-state index in [9.17, 15) is 20.1 Å². The highest BCUT2D eigenvalue weighted by molar-refractivity contribution is 6.14. The summed E-state index contributed by atoms with van der Waals surface area (Å²) in [5, 5.41) is 20.4. The summed E-state index contributed by atoms with van der Waals surface area (Å²) in [5.74, 6) is -1.67. The van der Waals surface area contributed by atoms with Crippen molar-refractivity contribution in [3.63, 3.8) is 0 Å². The second-order valence-corrected chi connectivity index (χ2v) is 5.07. The van der Waals surface area contributed by atoms with Crippen LogP contribution in [0.15, 0.2) is 59.7 Å². The lowest BCUT2D eigenvalue weighted by Crippen LogP contribution is -2.11. The van der Waals surface area contributed by atoms with Crippen LogP contribution in [0.2, 0.25) is 0 Å². The van der Waals surface area contributed by atoms with E-state index in [2.05, 4.69) is 4.74 Å². The van der Waals surface area contributed by atoms with Gasteiger partial charge in [-0.1, -0.05) is 42.5 Å². The van der Waals surface area contributed by atoms with Crippen LogP contribution in [0.3, 0.4) is 0 Å². The Hall–Kier alpha value is -3.90. The molecule has 0 aliphatic heterocycles. The Bertz CT molecular complexity index is 999. The highest BCUT2D eigenvalue weighted by Crippen LogP contribution is 2.33. The van der Waals surface area contributed by atoms with E-state index in [1.54, 1.807) is 36.4 Å². The zero-order valence-corrected chi connectivity index (χ0v) is 14.1. The lowest BCUT2D eigenvalue weighted by molar-refractivity contribution is -0.138. The van der Waals surface area contributed by atoms with Gasteiger partial charge >= 0.3 is 11.9 Å². The molecule has 0 spiro atoms. The van der Waals surface area contributed by atoms with Gasteiger partial charge in [0.05, 0.1) is 19.8 Å². The molecule has 2 aromatic carbocycles. The van der Waals surface area contributed by atoms with Crippen LogP contribution in [-0.2, 0) is 19.1 Å². The first-order valence-electron chi connectivity index (χ1n) is 7.48. The number of carbonyl (C=O) groups is 2. The van der Waals surface area contributed by atoms with Gasteiger partial charge in [0.2, 0.25) is 0 Å². The fourth-order valence-corrected chi connectivity index (χ4v) is 2.51. The predicted octanol–water partition coefficient (Wildman–Crippen LogP) is 2.91. The number of rotatable bonds is 4. The molecule has 0 fully saturated rings. The summed E-state index contributed by atoms with van der Waals surface area (Å²) in [6.07, 6.45) is 0.914. The zero-order valence-electron chi connectivity index (χ0n) is 14.1. The molecule has 6 heteroatoms. The van der Waals surface area contributed by atoms with E-state index in [1.165, 1.54) is 0 Å². The molecule has 0 saturated heterocycles. The monoisotopic (exact) mass is 346 g/mol. The number of methoxy groups -OCH3 is 2. The molecule has 0 aliphatic carbocycles. The lowest BCUT2D eigenvalue weighted by Gasteiger charge is -2.13. The summed E-state index contributed by atoms with van der Waals surface area (Å²) in [4.78, 5) is 24.0. The van der Waals surface area contributed by atoms with Crippen molar-refractivity contribution in [3.8, 4) is 12.1 Å². The Labute approximate surface area is 150 Å². The summed E-state index contributed by atoms with van der Waals surface area (Å²) in [7, 11) is 2.30. The molecule has 0 N–H and O–H groups in total. The van der Waals surface area contributed by atoms with Crippen molar-refractivity contribution in [2.75, 3.05) is 14.2 Å². The molecule has 0 aliphatic rings. The van der Waals surface area contributed by atoms with E-state index in [1.807, 2.05) is 18.2 Å². The molecule has 0 amide bonds. The largest absolute Gasteiger partial charge is 0.466 e. The van der Waals surface area contributed by atoms with E-state index in [-0.39, 0.29) is 16.7 Å². The highest BCUT2D eigenvalue weighted by atomic mass is 16.5. The van der Waals surface area contributed by atoms with Crippen molar-refractivity contribution in [2.45, 2.75) is 0 Å². The molecule has 0 heterocycles. The molecule has 6 nitrogen and oxygen atoms in total. The maximum absolute atomic E-state index is 12.3. The number of carbonyl (C=O) groups excluding carboxylic acids is 2. The van der Waals surface area contributed by atoms with Crippen molar-refractivity contribution < 1.29 is 19.1 Å². The molecular formula is C20H14N2O4. The summed E-state index contributed by atoms with van der Waals surface area (Å²) >= 11 is 0. The number of nitrogens with zero attached hydrogens (tertiary/aromatic N) is 2. The molecular weight excluding hydrogens is 332 g/mol. The molecule has 2 aromatic rings. The number of hydrogen-bond donors (Lipinski definition) is 0. The van der Waals surface area contributed by atoms with Crippen molar-refractivity contribution >= 4 is 28.3 Å². The molecule has 0 unspecified atom stereocenters. The molecule has 2 rings (SSSR count). The summed E-state index contributed by atoms with van der Waals surface area (Å²) in [6.45, 7) is 0. The van der Waals surface area contributed by atoms with Gasteiger partial charge in [0.1, 0.15) is 17.7 Å². The lowest BCUT2D eigenvalue weighted by atomic mass is 9.89. The second kappa shape index (κ2) is 8.27. The Balaban J connectivity index is 2.93. The molecule has 0 bridgehead atoms. The van der Waals surface area contributed by atoms with Gasteiger partial charge in [0, 0.05) is 11.6 Å². The van der Waals surface area contributed by atoms with Crippen LogP contribution >= 0.6 is 0 Å². The number of ether oxygens (including phenoxy) is 2. The number of hydrogen-bond acceptors (Lipinski definition) is 6. The summed E-state index contributed by atoms with van der Waals surface area (Å²) < 4.78 is 9.33. The first-order chi connectivity index (χ1) is 12.6. The standard InChI is InChI=1S/C20H14N2O4/c1-25-18(23)10-17(20(24)26-2)19(14(11-21)12-22)16-9-5-7-13-6-3-4-8-15(13)16/h3-10H,1-2H3/b17-10+. The van der Waals surface area contributed by atoms with Crippen molar-refractivity contribution in [2.24, 2.45) is 0 Å². The summed E-state index contributed by atoms with van der Waals surface area (Å²) in [5.41, 5.74) is -0.0680. The van der Waals surface area contributed by atoms with Gasteiger partial charge in [0.25, 0.3) is 0 Å². The molecule has 26 heavy (non-hydrogen) atoms. The first kappa shape index (κ1) is 18.4. The number of nitriles is 2. The Morgan fingerprint density at radius 2 is 1.62 bits per heavy atom. The normalized spacial score (nSPS) is 10.4. The Kier molecular flexibility index (Phi) is 5.87. The molecule has 0 atom stereocenters. The minimum atomic E-state index is -0.860. The number of benzene rings is 2. The molecule has 128 valence electrons. The van der Waals surface area contributed by atoms with Gasteiger partial charge in [-0.05, 0) is 16.3 Å². The van der Waals surface area contributed by atoms with Crippen LogP contribution in [0.25, 0.3) is 16.3 Å². The predicted molar refractivity (Wildman–Crippen MR) is 94.2 cm³/mol. The minimum Gasteiger partial charge on any atom is -0.466 e. The van der Waals surface area contributed by atoms with Crippen LogP contribution in [0.4, 0.5) is 0 Å². The third-order valence-corrected chi connectivity index (χ3v) is 3.67. The van der Waals surface area contributed by atoms with Gasteiger partial charge < -0.3 is 9.47 Å². The third kappa shape index (κ3) is 3.61. The number of fused-ring (bicyclic) bond motifs is 1. The average Bonchev–Trinajstić information content (AvgIpc) is 2.69. The quantitative estimate of drug-likeness (QED) is 0.365. The fourth-order valence-electron chi connectivity index (χ4n) is 2.51.